The third kappa shape index (κ3) is 20.3. The first kappa shape index (κ1) is 23.4. The molecule has 3 nitrogen and oxygen atoms in total. The Balaban J connectivity index is 3.48. The zero-order valence-electron chi connectivity index (χ0n) is 15.8. The minimum absolute atomic E-state index is 0.126. The molecule has 0 spiro atoms. The molecule has 1 atom stereocenters. The van der Waals surface area contributed by atoms with Gasteiger partial charge in [-0.25, -0.2) is 4.79 Å². The van der Waals surface area contributed by atoms with E-state index >= 15 is 0 Å². The number of aliphatic hydroxyl groups excluding tert-OH is 1. The average molecular weight is 349 g/mol. The number of hydrogen-bond acceptors (Lipinski definition) is 2. The zero-order chi connectivity index (χ0) is 18.6. The van der Waals surface area contributed by atoms with Crippen LogP contribution in [0.2, 0.25) is 0 Å². The molecule has 0 aliphatic heterocycles. The number of rotatable bonds is 16. The van der Waals surface area contributed by atoms with Crippen LogP contribution < -0.4 is 0 Å². The second kappa shape index (κ2) is 18.7. The van der Waals surface area contributed by atoms with E-state index in [0.717, 1.165) is 44.6 Å². The molecule has 0 aromatic rings. The summed E-state index contributed by atoms with van der Waals surface area (Å²) in [6.45, 7) is 2.23. The highest BCUT2D eigenvalue weighted by Crippen LogP contribution is 2.12. The van der Waals surface area contributed by atoms with Crippen molar-refractivity contribution in [1.29, 1.82) is 0 Å². The number of carboxylic acid groups (broad SMARTS) is 1. The fourth-order valence-electron chi connectivity index (χ4n) is 2.52. The molecule has 3 heteroatoms. The van der Waals surface area contributed by atoms with E-state index in [1.54, 1.807) is 12.2 Å². The lowest BCUT2D eigenvalue weighted by atomic mass is 10.0. The zero-order valence-corrected chi connectivity index (χ0v) is 15.8. The number of allylic oxidation sites excluding steroid dienone is 7. The number of hydrogen-bond donors (Lipinski definition) is 2. The van der Waals surface area contributed by atoms with Crippen LogP contribution in [0.4, 0.5) is 0 Å². The third-order valence-corrected chi connectivity index (χ3v) is 3.98. The van der Waals surface area contributed by atoms with Gasteiger partial charge in [0.25, 0.3) is 0 Å². The van der Waals surface area contributed by atoms with Crippen molar-refractivity contribution in [3.05, 3.63) is 48.6 Å². The molecule has 0 rings (SSSR count). The molecule has 1 unspecified atom stereocenters. The number of aliphatic hydroxyl groups is 1. The van der Waals surface area contributed by atoms with Gasteiger partial charge in [-0.15, -0.1) is 0 Å². The molecular weight excluding hydrogens is 312 g/mol. The van der Waals surface area contributed by atoms with Gasteiger partial charge in [0.15, 0.2) is 0 Å². The van der Waals surface area contributed by atoms with Crippen molar-refractivity contribution < 1.29 is 15.0 Å². The highest BCUT2D eigenvalue weighted by molar-refractivity contribution is 5.80. The molecule has 0 aliphatic rings. The van der Waals surface area contributed by atoms with Gasteiger partial charge in [0.2, 0.25) is 0 Å². The maximum absolute atomic E-state index is 10.2. The molecule has 25 heavy (non-hydrogen) atoms. The molecule has 0 fully saturated rings. The molecule has 2 N–H and O–H groups in total. The van der Waals surface area contributed by atoms with Gasteiger partial charge in [-0.05, 0) is 25.7 Å². The Morgan fingerprint density at radius 3 is 2.04 bits per heavy atom. The predicted octanol–water partition coefficient (Wildman–Crippen LogP) is 5.97. The summed E-state index contributed by atoms with van der Waals surface area (Å²) < 4.78 is 0. The van der Waals surface area contributed by atoms with Gasteiger partial charge < -0.3 is 10.2 Å². The van der Waals surface area contributed by atoms with E-state index in [1.807, 2.05) is 18.2 Å². The summed E-state index contributed by atoms with van der Waals surface area (Å²) in [5.74, 6) is -0.939. The first-order chi connectivity index (χ1) is 12.2. The van der Waals surface area contributed by atoms with Crippen molar-refractivity contribution in [3.8, 4) is 0 Å². The first-order valence-corrected chi connectivity index (χ1v) is 9.74. The van der Waals surface area contributed by atoms with Crippen molar-refractivity contribution in [2.45, 2.75) is 83.7 Å². The molecule has 0 radical (unpaired) electrons. The Morgan fingerprint density at radius 1 is 0.800 bits per heavy atom. The summed E-state index contributed by atoms with van der Waals surface area (Å²) in [4.78, 5) is 10.2. The largest absolute Gasteiger partial charge is 0.478 e. The SMILES string of the molecule is CCCCCCCCC(O)CCCCC=CC=CC=CC=CC(=O)O. The van der Waals surface area contributed by atoms with Crippen LogP contribution in [0.5, 0.6) is 0 Å². The number of unbranched alkanes of at least 4 members (excludes halogenated alkanes) is 7. The van der Waals surface area contributed by atoms with E-state index in [4.69, 9.17) is 5.11 Å². The van der Waals surface area contributed by atoms with E-state index in [-0.39, 0.29) is 6.10 Å². The Bertz CT molecular complexity index is 419. The van der Waals surface area contributed by atoms with Gasteiger partial charge in [0, 0.05) is 6.08 Å². The molecule has 0 amide bonds. The van der Waals surface area contributed by atoms with Crippen LogP contribution >= 0.6 is 0 Å². The highest BCUT2D eigenvalue weighted by atomic mass is 16.4. The van der Waals surface area contributed by atoms with E-state index in [0.29, 0.717) is 0 Å². The third-order valence-electron chi connectivity index (χ3n) is 3.98. The second-order valence-electron chi connectivity index (χ2n) is 6.39. The molecule has 0 aliphatic carbocycles. The summed E-state index contributed by atoms with van der Waals surface area (Å²) in [5, 5.41) is 18.4. The van der Waals surface area contributed by atoms with Crippen LogP contribution in [0.25, 0.3) is 0 Å². The van der Waals surface area contributed by atoms with Gasteiger partial charge in [-0.2, -0.15) is 0 Å². The number of carbonyl (C=O) groups is 1. The lowest BCUT2D eigenvalue weighted by Crippen LogP contribution is -2.05. The lowest BCUT2D eigenvalue weighted by molar-refractivity contribution is -0.131. The average Bonchev–Trinajstić information content (AvgIpc) is 2.58. The highest BCUT2D eigenvalue weighted by Gasteiger charge is 2.03. The molecule has 0 saturated carbocycles. The maximum Gasteiger partial charge on any atom is 0.328 e. The van der Waals surface area contributed by atoms with Crippen molar-refractivity contribution in [3.63, 3.8) is 0 Å². The summed E-state index contributed by atoms with van der Waals surface area (Å²) in [6, 6.07) is 0. The normalized spacial score (nSPS) is 13.7. The molecule has 0 heterocycles. The monoisotopic (exact) mass is 348 g/mol. The second-order valence-corrected chi connectivity index (χ2v) is 6.39. The Kier molecular flexibility index (Phi) is 17.5. The van der Waals surface area contributed by atoms with Gasteiger partial charge in [-0.1, -0.05) is 94.4 Å². The Hall–Kier alpha value is -1.61. The fourth-order valence-corrected chi connectivity index (χ4v) is 2.52. The molecule has 0 aromatic heterocycles. The van der Waals surface area contributed by atoms with E-state index in [9.17, 15) is 9.90 Å². The summed E-state index contributed by atoms with van der Waals surface area (Å²) >= 11 is 0. The first-order valence-electron chi connectivity index (χ1n) is 9.74. The smallest absolute Gasteiger partial charge is 0.328 e. The quantitative estimate of drug-likeness (QED) is 0.205. The van der Waals surface area contributed by atoms with Gasteiger partial charge >= 0.3 is 5.97 Å². The van der Waals surface area contributed by atoms with Gasteiger partial charge in [0.1, 0.15) is 0 Å². The van der Waals surface area contributed by atoms with Crippen LogP contribution in [0.1, 0.15) is 77.6 Å². The fraction of sp³-hybridized carbons (Fsp3) is 0.591. The lowest BCUT2D eigenvalue weighted by Gasteiger charge is -2.09. The van der Waals surface area contributed by atoms with Crippen molar-refractivity contribution >= 4 is 5.97 Å². The topological polar surface area (TPSA) is 57.5 Å². The molecule has 0 bridgehead atoms. The van der Waals surface area contributed by atoms with Crippen LogP contribution in [-0.2, 0) is 4.79 Å². The Morgan fingerprint density at radius 2 is 1.36 bits per heavy atom. The van der Waals surface area contributed by atoms with Gasteiger partial charge in [0.05, 0.1) is 6.10 Å². The number of carboxylic acids is 1. The van der Waals surface area contributed by atoms with Crippen molar-refractivity contribution in [2.75, 3.05) is 0 Å². The van der Waals surface area contributed by atoms with E-state index in [1.165, 1.54) is 38.2 Å². The molecular formula is C22H36O3. The van der Waals surface area contributed by atoms with E-state index in [2.05, 4.69) is 13.0 Å². The predicted molar refractivity (Wildman–Crippen MR) is 107 cm³/mol. The molecule has 142 valence electrons. The summed E-state index contributed by atoms with van der Waals surface area (Å²) in [7, 11) is 0. The van der Waals surface area contributed by atoms with Crippen LogP contribution in [0.3, 0.4) is 0 Å². The van der Waals surface area contributed by atoms with Crippen LogP contribution in [0.15, 0.2) is 48.6 Å². The Labute approximate surface area is 153 Å². The summed E-state index contributed by atoms with van der Waals surface area (Å²) in [6.07, 6.45) is 26.6. The maximum atomic E-state index is 10.2. The van der Waals surface area contributed by atoms with Gasteiger partial charge in [-0.3, -0.25) is 0 Å². The standard InChI is InChI=1S/C22H36O3/c1-2-3-4-5-12-15-18-21(23)19-16-13-10-8-6-7-9-11-14-17-20-22(24)25/h6-9,11,14,17,20-21,23H,2-5,10,12-13,15-16,18-19H2,1H3,(H,24,25). The summed E-state index contributed by atoms with van der Waals surface area (Å²) in [5.41, 5.74) is 0. The van der Waals surface area contributed by atoms with Crippen LogP contribution in [-0.4, -0.2) is 22.3 Å². The van der Waals surface area contributed by atoms with E-state index < -0.39 is 5.97 Å². The minimum atomic E-state index is -0.939. The van der Waals surface area contributed by atoms with Crippen LogP contribution in [0, 0.1) is 0 Å². The van der Waals surface area contributed by atoms with Crippen molar-refractivity contribution in [1.82, 2.24) is 0 Å². The molecule has 0 saturated heterocycles. The molecule has 0 aromatic carbocycles. The minimum Gasteiger partial charge on any atom is -0.478 e. The number of aliphatic carboxylic acids is 1. The van der Waals surface area contributed by atoms with Crippen molar-refractivity contribution in [2.24, 2.45) is 0 Å².